The summed E-state index contributed by atoms with van der Waals surface area (Å²) in [4.78, 5) is 8.16. The molecule has 0 atom stereocenters. The molecule has 4 aromatic rings. The second-order valence-corrected chi connectivity index (χ2v) is 8.76. The number of hydrogen-bond acceptors (Lipinski definition) is 5. The van der Waals surface area contributed by atoms with Crippen molar-refractivity contribution >= 4 is 20.9 Å². The average Bonchev–Trinajstić information content (AvgIpc) is 3.14. The van der Waals surface area contributed by atoms with Gasteiger partial charge < -0.3 is 9.51 Å². The monoisotopic (exact) mass is 397 g/mol. The summed E-state index contributed by atoms with van der Waals surface area (Å²) in [7, 11) is -3.30. The summed E-state index contributed by atoms with van der Waals surface area (Å²) in [6, 6.07) is 11.0. The average molecular weight is 398 g/mol. The van der Waals surface area contributed by atoms with Crippen molar-refractivity contribution in [2.24, 2.45) is 0 Å². The maximum Gasteiger partial charge on any atom is 0.175 e. The number of aromatic amines is 1. The molecule has 0 bridgehead atoms. The van der Waals surface area contributed by atoms with Crippen molar-refractivity contribution in [2.75, 3.05) is 6.26 Å². The molecular weight excluding hydrogens is 374 g/mol. The van der Waals surface area contributed by atoms with Crippen LogP contribution in [0.4, 0.5) is 0 Å². The van der Waals surface area contributed by atoms with Crippen LogP contribution in [-0.4, -0.2) is 29.8 Å². The van der Waals surface area contributed by atoms with E-state index in [1.54, 1.807) is 18.2 Å². The molecule has 2 aromatic heterocycles. The van der Waals surface area contributed by atoms with Gasteiger partial charge in [-0.15, -0.1) is 0 Å². The molecule has 0 unspecified atom stereocenters. The van der Waals surface area contributed by atoms with Crippen molar-refractivity contribution in [2.45, 2.75) is 33.1 Å². The van der Waals surface area contributed by atoms with Crippen LogP contribution in [0, 0.1) is 20.8 Å². The Balaban J connectivity index is 0.00000225. The first kappa shape index (κ1) is 19.8. The van der Waals surface area contributed by atoms with Gasteiger partial charge in [-0.25, -0.2) is 13.4 Å². The van der Waals surface area contributed by atoms with Crippen LogP contribution in [-0.2, 0) is 9.84 Å². The number of aromatic nitrogens is 3. The fourth-order valence-electron chi connectivity index (χ4n) is 3.39. The molecule has 146 valence electrons. The van der Waals surface area contributed by atoms with Gasteiger partial charge in [-0.1, -0.05) is 24.7 Å². The molecule has 28 heavy (non-hydrogen) atoms. The van der Waals surface area contributed by atoms with Gasteiger partial charge in [0.1, 0.15) is 11.6 Å². The lowest BCUT2D eigenvalue weighted by molar-refractivity contribution is 0.393. The SMILES string of the molecule is C.Cc1nc2c(-c3cccc(S(C)(=O)=O)c3)cc(-c3c(C)noc3C)cc2[nH]1. The van der Waals surface area contributed by atoms with Crippen LogP contribution >= 0.6 is 0 Å². The minimum absolute atomic E-state index is 0. The highest BCUT2D eigenvalue weighted by Crippen LogP contribution is 2.36. The first-order valence-electron chi connectivity index (χ1n) is 8.48. The minimum atomic E-state index is -3.30. The summed E-state index contributed by atoms with van der Waals surface area (Å²) >= 11 is 0. The zero-order valence-corrected chi connectivity index (χ0v) is 16.3. The number of nitrogens with one attached hydrogen (secondary N) is 1. The molecule has 7 heteroatoms. The first-order chi connectivity index (χ1) is 12.7. The normalized spacial score (nSPS) is 11.6. The van der Waals surface area contributed by atoms with Crippen LogP contribution in [0.1, 0.15) is 24.7 Å². The molecule has 0 aliphatic rings. The van der Waals surface area contributed by atoms with Gasteiger partial charge in [0.15, 0.2) is 9.84 Å². The lowest BCUT2D eigenvalue weighted by atomic mass is 9.96. The first-order valence-corrected chi connectivity index (χ1v) is 10.4. The van der Waals surface area contributed by atoms with E-state index in [1.807, 2.05) is 39.0 Å². The van der Waals surface area contributed by atoms with Gasteiger partial charge in [0.25, 0.3) is 0 Å². The predicted octanol–water partition coefficient (Wildman–Crippen LogP) is 4.85. The van der Waals surface area contributed by atoms with Crippen LogP contribution in [0.5, 0.6) is 0 Å². The van der Waals surface area contributed by atoms with E-state index in [1.165, 1.54) is 6.26 Å². The Hall–Kier alpha value is -2.93. The molecule has 0 fully saturated rings. The fourth-order valence-corrected chi connectivity index (χ4v) is 4.06. The van der Waals surface area contributed by atoms with Gasteiger partial charge in [-0.3, -0.25) is 0 Å². The van der Waals surface area contributed by atoms with Crippen LogP contribution in [0.15, 0.2) is 45.8 Å². The van der Waals surface area contributed by atoms with Crippen LogP contribution in [0.25, 0.3) is 33.3 Å². The number of benzene rings is 2. The fraction of sp³-hybridized carbons (Fsp3) is 0.238. The number of H-pyrrole nitrogens is 1. The van der Waals surface area contributed by atoms with E-state index in [0.717, 1.165) is 50.6 Å². The minimum Gasteiger partial charge on any atom is -0.361 e. The quantitative estimate of drug-likeness (QED) is 0.534. The second kappa shape index (κ2) is 6.91. The summed E-state index contributed by atoms with van der Waals surface area (Å²) < 4.78 is 29.3. The van der Waals surface area contributed by atoms with Crippen molar-refractivity contribution in [3.63, 3.8) is 0 Å². The van der Waals surface area contributed by atoms with Crippen LogP contribution in [0.3, 0.4) is 0 Å². The van der Waals surface area contributed by atoms with Crippen molar-refractivity contribution < 1.29 is 12.9 Å². The van der Waals surface area contributed by atoms with E-state index in [2.05, 4.69) is 15.1 Å². The number of imidazole rings is 1. The van der Waals surface area contributed by atoms with Gasteiger partial charge in [-0.2, -0.15) is 0 Å². The lowest BCUT2D eigenvalue weighted by Gasteiger charge is -2.09. The van der Waals surface area contributed by atoms with Crippen LogP contribution in [0.2, 0.25) is 0 Å². The third-order valence-electron chi connectivity index (χ3n) is 4.60. The summed E-state index contributed by atoms with van der Waals surface area (Å²) in [6.07, 6.45) is 1.21. The highest BCUT2D eigenvalue weighted by Gasteiger charge is 2.17. The molecule has 2 heterocycles. The van der Waals surface area contributed by atoms with E-state index < -0.39 is 9.84 Å². The highest BCUT2D eigenvalue weighted by atomic mass is 32.2. The van der Waals surface area contributed by atoms with E-state index in [9.17, 15) is 8.42 Å². The maximum atomic E-state index is 12.0. The molecule has 4 rings (SSSR count). The number of nitrogens with zero attached hydrogens (tertiary/aromatic N) is 2. The predicted molar refractivity (Wildman–Crippen MR) is 111 cm³/mol. The third kappa shape index (κ3) is 3.33. The molecule has 0 saturated heterocycles. The summed E-state index contributed by atoms with van der Waals surface area (Å²) in [6.45, 7) is 5.67. The largest absolute Gasteiger partial charge is 0.361 e. The Morgan fingerprint density at radius 2 is 1.79 bits per heavy atom. The Labute approximate surface area is 164 Å². The third-order valence-corrected chi connectivity index (χ3v) is 5.71. The Morgan fingerprint density at radius 3 is 2.43 bits per heavy atom. The van der Waals surface area contributed by atoms with Gasteiger partial charge in [-0.05, 0) is 56.2 Å². The summed E-state index contributed by atoms with van der Waals surface area (Å²) in [5, 5.41) is 4.05. The topological polar surface area (TPSA) is 88.8 Å². The van der Waals surface area contributed by atoms with Crippen molar-refractivity contribution in [3.8, 4) is 22.3 Å². The molecule has 0 radical (unpaired) electrons. The molecule has 0 amide bonds. The Bertz CT molecular complexity index is 1260. The number of rotatable bonds is 3. The highest BCUT2D eigenvalue weighted by molar-refractivity contribution is 7.90. The van der Waals surface area contributed by atoms with Crippen molar-refractivity contribution in [1.82, 2.24) is 15.1 Å². The summed E-state index contributed by atoms with van der Waals surface area (Å²) in [5.74, 6) is 1.53. The van der Waals surface area contributed by atoms with Gasteiger partial charge >= 0.3 is 0 Å². The number of aryl methyl sites for hydroxylation is 3. The second-order valence-electron chi connectivity index (χ2n) is 6.74. The Kier molecular flexibility index (Phi) is 4.89. The standard InChI is InChI=1S/C20H19N3O3S.CH4/c1-11-19(12(2)26-23-11)15-9-17(20-18(10-15)21-13(3)22-20)14-6-5-7-16(8-14)27(4,24)25;/h5-10H,1-4H3,(H,21,22);1H4. The number of sulfone groups is 1. The molecule has 0 aliphatic carbocycles. The van der Waals surface area contributed by atoms with E-state index in [0.29, 0.717) is 0 Å². The number of fused-ring (bicyclic) bond motifs is 1. The van der Waals surface area contributed by atoms with Crippen molar-refractivity contribution in [1.29, 1.82) is 0 Å². The van der Waals surface area contributed by atoms with Gasteiger partial charge in [0.05, 0.1) is 21.6 Å². The molecule has 2 aromatic carbocycles. The molecule has 0 saturated carbocycles. The van der Waals surface area contributed by atoms with Crippen LogP contribution < -0.4 is 0 Å². The summed E-state index contributed by atoms with van der Waals surface area (Å²) in [5.41, 5.74) is 6.02. The van der Waals surface area contributed by atoms with Crippen molar-refractivity contribution in [3.05, 3.63) is 53.7 Å². The maximum absolute atomic E-state index is 12.0. The lowest BCUT2D eigenvalue weighted by Crippen LogP contribution is -1.97. The molecule has 1 N–H and O–H groups in total. The molecule has 0 spiro atoms. The molecule has 0 aliphatic heterocycles. The van der Waals surface area contributed by atoms with Gasteiger partial charge in [0.2, 0.25) is 0 Å². The van der Waals surface area contributed by atoms with E-state index in [4.69, 9.17) is 4.52 Å². The molecular formula is C21H23N3O3S. The van der Waals surface area contributed by atoms with E-state index >= 15 is 0 Å². The van der Waals surface area contributed by atoms with Gasteiger partial charge in [0, 0.05) is 17.4 Å². The zero-order chi connectivity index (χ0) is 19.3. The number of hydrogen-bond donors (Lipinski definition) is 1. The molecule has 6 nitrogen and oxygen atoms in total. The van der Waals surface area contributed by atoms with E-state index in [-0.39, 0.29) is 12.3 Å². The smallest absolute Gasteiger partial charge is 0.175 e. The Morgan fingerprint density at radius 1 is 1.04 bits per heavy atom. The zero-order valence-electron chi connectivity index (χ0n) is 15.5.